The highest BCUT2D eigenvalue weighted by Crippen LogP contribution is 2.21. The van der Waals surface area contributed by atoms with Crippen LogP contribution >= 0.6 is 0 Å². The van der Waals surface area contributed by atoms with Gasteiger partial charge in [0.15, 0.2) is 0 Å². The molecule has 19 heavy (non-hydrogen) atoms. The zero-order chi connectivity index (χ0) is 13.8. The van der Waals surface area contributed by atoms with Gasteiger partial charge in [-0.15, -0.1) is 0 Å². The second-order valence-corrected chi connectivity index (χ2v) is 5.26. The molecule has 0 amide bonds. The Morgan fingerprint density at radius 1 is 1.21 bits per heavy atom. The highest BCUT2D eigenvalue weighted by Gasteiger charge is 2.20. The SMILES string of the molecule is CCC(C)N1CCN(c2cc(F)cc(CO)c2)CC1. The van der Waals surface area contributed by atoms with Crippen LogP contribution in [0.4, 0.5) is 10.1 Å². The van der Waals surface area contributed by atoms with Crippen LogP contribution in [-0.4, -0.2) is 42.2 Å². The third-order valence-corrected chi connectivity index (χ3v) is 4.02. The third-order valence-electron chi connectivity index (χ3n) is 4.02. The summed E-state index contributed by atoms with van der Waals surface area (Å²) < 4.78 is 13.5. The van der Waals surface area contributed by atoms with E-state index in [1.54, 1.807) is 6.07 Å². The van der Waals surface area contributed by atoms with Crippen molar-refractivity contribution >= 4 is 5.69 Å². The topological polar surface area (TPSA) is 26.7 Å². The summed E-state index contributed by atoms with van der Waals surface area (Å²) in [6.07, 6.45) is 1.16. The van der Waals surface area contributed by atoms with E-state index < -0.39 is 0 Å². The number of halogens is 1. The fourth-order valence-electron chi connectivity index (χ4n) is 2.59. The van der Waals surface area contributed by atoms with Gasteiger partial charge >= 0.3 is 0 Å². The minimum Gasteiger partial charge on any atom is -0.392 e. The molecule has 1 atom stereocenters. The van der Waals surface area contributed by atoms with E-state index in [1.165, 1.54) is 6.07 Å². The quantitative estimate of drug-likeness (QED) is 0.905. The van der Waals surface area contributed by atoms with Crippen molar-refractivity contribution < 1.29 is 9.50 Å². The van der Waals surface area contributed by atoms with Gasteiger partial charge in [-0.05, 0) is 37.1 Å². The molecule has 0 aliphatic carbocycles. The molecule has 2 rings (SSSR count). The molecule has 1 heterocycles. The van der Waals surface area contributed by atoms with Gasteiger partial charge in [-0.2, -0.15) is 0 Å². The number of hydrogen-bond donors (Lipinski definition) is 1. The van der Waals surface area contributed by atoms with Crippen molar-refractivity contribution in [2.24, 2.45) is 0 Å². The zero-order valence-corrected chi connectivity index (χ0v) is 11.8. The molecular formula is C15H23FN2O. The first-order chi connectivity index (χ1) is 9.13. The lowest BCUT2D eigenvalue weighted by atomic mass is 10.1. The molecule has 106 valence electrons. The Balaban J connectivity index is 2.03. The monoisotopic (exact) mass is 266 g/mol. The summed E-state index contributed by atoms with van der Waals surface area (Å²) in [6.45, 7) is 8.20. The van der Waals surface area contributed by atoms with Crippen molar-refractivity contribution in [1.29, 1.82) is 0 Å². The van der Waals surface area contributed by atoms with Crippen LogP contribution in [0.1, 0.15) is 25.8 Å². The van der Waals surface area contributed by atoms with Crippen LogP contribution < -0.4 is 4.90 Å². The fraction of sp³-hybridized carbons (Fsp3) is 0.600. The Morgan fingerprint density at radius 3 is 2.47 bits per heavy atom. The Morgan fingerprint density at radius 2 is 1.89 bits per heavy atom. The molecule has 1 aromatic rings. The van der Waals surface area contributed by atoms with Gasteiger partial charge in [0.1, 0.15) is 5.82 Å². The first-order valence-electron chi connectivity index (χ1n) is 7.03. The molecule has 0 saturated carbocycles. The van der Waals surface area contributed by atoms with Crippen molar-refractivity contribution in [2.75, 3.05) is 31.1 Å². The number of benzene rings is 1. The second kappa shape index (κ2) is 6.35. The highest BCUT2D eigenvalue weighted by molar-refractivity contribution is 5.49. The van der Waals surface area contributed by atoms with Gasteiger partial charge in [0.05, 0.1) is 6.61 Å². The summed E-state index contributed by atoms with van der Waals surface area (Å²) in [6, 6.07) is 5.43. The predicted octanol–water partition coefficient (Wildman–Crippen LogP) is 2.24. The maximum absolute atomic E-state index is 13.5. The maximum atomic E-state index is 13.5. The van der Waals surface area contributed by atoms with Crippen molar-refractivity contribution in [1.82, 2.24) is 4.90 Å². The lowest BCUT2D eigenvalue weighted by Gasteiger charge is -2.39. The summed E-state index contributed by atoms with van der Waals surface area (Å²) in [5, 5.41) is 9.14. The van der Waals surface area contributed by atoms with E-state index >= 15 is 0 Å². The number of aliphatic hydroxyl groups is 1. The van der Waals surface area contributed by atoms with E-state index in [9.17, 15) is 4.39 Å². The van der Waals surface area contributed by atoms with Crippen LogP contribution in [0, 0.1) is 5.82 Å². The minimum atomic E-state index is -0.272. The van der Waals surface area contributed by atoms with Crippen LogP contribution in [0.15, 0.2) is 18.2 Å². The normalized spacial score (nSPS) is 18.6. The van der Waals surface area contributed by atoms with Crippen molar-refractivity contribution in [3.05, 3.63) is 29.6 Å². The molecule has 1 fully saturated rings. The molecule has 0 bridgehead atoms. The van der Waals surface area contributed by atoms with Crippen LogP contribution in [-0.2, 0) is 6.61 Å². The predicted molar refractivity (Wildman–Crippen MR) is 75.9 cm³/mol. The number of hydrogen-bond acceptors (Lipinski definition) is 3. The molecule has 1 unspecified atom stereocenters. The summed E-state index contributed by atoms with van der Waals surface area (Å²) in [5.74, 6) is -0.272. The largest absolute Gasteiger partial charge is 0.392 e. The lowest BCUT2D eigenvalue weighted by Crippen LogP contribution is -2.49. The van der Waals surface area contributed by atoms with Gasteiger partial charge in [-0.3, -0.25) is 4.90 Å². The Kier molecular flexibility index (Phi) is 4.77. The van der Waals surface area contributed by atoms with E-state index in [1.807, 2.05) is 6.07 Å². The van der Waals surface area contributed by atoms with Gasteiger partial charge in [0.2, 0.25) is 0 Å². The fourth-order valence-corrected chi connectivity index (χ4v) is 2.59. The van der Waals surface area contributed by atoms with E-state index in [2.05, 4.69) is 23.6 Å². The molecule has 1 aliphatic rings. The first-order valence-corrected chi connectivity index (χ1v) is 7.03. The van der Waals surface area contributed by atoms with E-state index in [-0.39, 0.29) is 12.4 Å². The van der Waals surface area contributed by atoms with Gasteiger partial charge in [-0.1, -0.05) is 6.92 Å². The highest BCUT2D eigenvalue weighted by atomic mass is 19.1. The molecule has 0 radical (unpaired) electrons. The van der Waals surface area contributed by atoms with E-state index in [0.29, 0.717) is 11.6 Å². The van der Waals surface area contributed by atoms with Crippen LogP contribution in [0.25, 0.3) is 0 Å². The molecule has 4 heteroatoms. The van der Waals surface area contributed by atoms with Gasteiger partial charge in [0, 0.05) is 37.9 Å². The van der Waals surface area contributed by atoms with E-state index in [0.717, 1.165) is 38.3 Å². The van der Waals surface area contributed by atoms with Gasteiger partial charge in [0.25, 0.3) is 0 Å². The van der Waals surface area contributed by atoms with Crippen molar-refractivity contribution in [3.8, 4) is 0 Å². The molecule has 1 saturated heterocycles. The average molecular weight is 266 g/mol. The molecule has 1 N–H and O–H groups in total. The van der Waals surface area contributed by atoms with Crippen LogP contribution in [0.2, 0.25) is 0 Å². The summed E-state index contributed by atoms with van der Waals surface area (Å²) in [7, 11) is 0. The average Bonchev–Trinajstić information content (AvgIpc) is 2.46. The number of nitrogens with zero attached hydrogens (tertiary/aromatic N) is 2. The first kappa shape index (κ1) is 14.3. The van der Waals surface area contributed by atoms with Crippen molar-refractivity contribution in [3.63, 3.8) is 0 Å². The minimum absolute atomic E-state index is 0.113. The van der Waals surface area contributed by atoms with Gasteiger partial charge in [-0.25, -0.2) is 4.39 Å². The van der Waals surface area contributed by atoms with E-state index in [4.69, 9.17) is 5.11 Å². The van der Waals surface area contributed by atoms with Gasteiger partial charge < -0.3 is 10.0 Å². The van der Waals surface area contributed by atoms with Crippen LogP contribution in [0.3, 0.4) is 0 Å². The Labute approximate surface area is 114 Å². The smallest absolute Gasteiger partial charge is 0.125 e. The molecule has 1 aliphatic heterocycles. The summed E-state index contributed by atoms with van der Waals surface area (Å²) in [4.78, 5) is 4.67. The molecule has 0 spiro atoms. The Bertz CT molecular complexity index is 417. The molecule has 0 aromatic heterocycles. The molecule has 1 aromatic carbocycles. The molecular weight excluding hydrogens is 243 g/mol. The van der Waals surface area contributed by atoms with Crippen molar-refractivity contribution in [2.45, 2.75) is 32.9 Å². The third kappa shape index (κ3) is 3.45. The lowest BCUT2D eigenvalue weighted by molar-refractivity contribution is 0.192. The summed E-state index contributed by atoms with van der Waals surface area (Å²) >= 11 is 0. The molecule has 3 nitrogen and oxygen atoms in total. The summed E-state index contributed by atoms with van der Waals surface area (Å²) in [5.41, 5.74) is 1.52. The second-order valence-electron chi connectivity index (χ2n) is 5.26. The maximum Gasteiger partial charge on any atom is 0.125 e. The number of rotatable bonds is 4. The van der Waals surface area contributed by atoms with Crippen LogP contribution in [0.5, 0.6) is 0 Å². The number of anilines is 1. The standard InChI is InChI=1S/C15H23FN2O/c1-3-12(2)17-4-6-18(7-5-17)15-9-13(11-19)8-14(16)10-15/h8-10,12,19H,3-7,11H2,1-2H3. The number of piperazine rings is 1. The Hall–Kier alpha value is -1.13. The number of aliphatic hydroxyl groups excluding tert-OH is 1. The zero-order valence-electron chi connectivity index (χ0n) is 11.8.